The van der Waals surface area contributed by atoms with E-state index < -0.39 is 5.56 Å². The second kappa shape index (κ2) is 6.26. The molecule has 22 heavy (non-hydrogen) atoms. The van der Waals surface area contributed by atoms with Crippen LogP contribution in [0.5, 0.6) is 0 Å². The maximum atomic E-state index is 12.5. The van der Waals surface area contributed by atoms with E-state index in [1.807, 2.05) is 19.9 Å². The van der Waals surface area contributed by atoms with Crippen molar-refractivity contribution in [2.45, 2.75) is 40.3 Å². The summed E-state index contributed by atoms with van der Waals surface area (Å²) in [6.07, 6.45) is 1.26. The van der Waals surface area contributed by atoms with Crippen LogP contribution in [0.2, 0.25) is 10.0 Å². The van der Waals surface area contributed by atoms with Crippen molar-refractivity contribution in [3.05, 3.63) is 49.6 Å². The first kappa shape index (κ1) is 16.8. The molecule has 2 aromatic rings. The Balaban J connectivity index is 2.37. The van der Waals surface area contributed by atoms with Gasteiger partial charge in [0.15, 0.2) is 5.78 Å². The predicted molar refractivity (Wildman–Crippen MR) is 87.1 cm³/mol. The van der Waals surface area contributed by atoms with Crippen LogP contribution >= 0.6 is 23.2 Å². The van der Waals surface area contributed by atoms with Crippen molar-refractivity contribution in [3.8, 4) is 0 Å². The highest BCUT2D eigenvalue weighted by molar-refractivity contribution is 6.41. The van der Waals surface area contributed by atoms with Gasteiger partial charge < -0.3 is 4.57 Å². The zero-order valence-electron chi connectivity index (χ0n) is 12.9. The number of nitrogens with zero attached hydrogens (tertiary/aromatic N) is 3. The Morgan fingerprint density at radius 3 is 2.50 bits per heavy atom. The number of hydrogen-bond donors (Lipinski definition) is 0. The van der Waals surface area contributed by atoms with Crippen LogP contribution in [0.4, 0.5) is 0 Å². The van der Waals surface area contributed by atoms with Crippen LogP contribution in [-0.2, 0) is 6.54 Å². The van der Waals surface area contributed by atoms with Crippen molar-refractivity contribution in [2.75, 3.05) is 0 Å². The van der Waals surface area contributed by atoms with E-state index in [9.17, 15) is 9.59 Å². The zero-order valence-corrected chi connectivity index (χ0v) is 14.4. The first-order valence-electron chi connectivity index (χ1n) is 6.86. The van der Waals surface area contributed by atoms with Crippen LogP contribution < -0.4 is 5.56 Å². The molecule has 0 unspecified atom stereocenters. The quantitative estimate of drug-likeness (QED) is 0.800. The number of carbonyl (C=O) groups is 1. The molecule has 5 nitrogen and oxygen atoms in total. The molecule has 2 rings (SSSR count). The summed E-state index contributed by atoms with van der Waals surface area (Å²) >= 11 is 11.5. The van der Waals surface area contributed by atoms with E-state index in [2.05, 4.69) is 23.5 Å². The molecule has 0 radical (unpaired) electrons. The summed E-state index contributed by atoms with van der Waals surface area (Å²) in [5.74, 6) is -0.187. The normalized spacial score (nSPS) is 11.2. The third-order valence-electron chi connectivity index (χ3n) is 3.54. The van der Waals surface area contributed by atoms with Gasteiger partial charge in [-0.15, -0.1) is 0 Å². The third-order valence-corrected chi connectivity index (χ3v) is 4.29. The predicted octanol–water partition coefficient (Wildman–Crippen LogP) is 3.43. The Morgan fingerprint density at radius 2 is 1.95 bits per heavy atom. The molecule has 7 heteroatoms. The molecule has 0 aliphatic carbocycles. The Kier molecular flexibility index (Phi) is 4.78. The lowest BCUT2D eigenvalue weighted by Gasteiger charge is -2.13. The summed E-state index contributed by atoms with van der Waals surface area (Å²) < 4.78 is 3.11. The maximum absolute atomic E-state index is 12.5. The van der Waals surface area contributed by atoms with Gasteiger partial charge in [-0.2, -0.15) is 5.10 Å². The van der Waals surface area contributed by atoms with Gasteiger partial charge in [-0.3, -0.25) is 9.59 Å². The molecule has 0 fully saturated rings. The van der Waals surface area contributed by atoms with Gasteiger partial charge in [-0.25, -0.2) is 4.68 Å². The molecule has 0 bridgehead atoms. The molecule has 0 spiro atoms. The lowest BCUT2D eigenvalue weighted by molar-refractivity contribution is 0.0965. The molecule has 2 heterocycles. The Morgan fingerprint density at radius 1 is 1.32 bits per heavy atom. The summed E-state index contributed by atoms with van der Waals surface area (Å²) in [6.45, 7) is 7.79. The van der Waals surface area contributed by atoms with Gasteiger partial charge in [0.1, 0.15) is 11.6 Å². The summed E-state index contributed by atoms with van der Waals surface area (Å²) in [4.78, 5) is 24.4. The van der Waals surface area contributed by atoms with Gasteiger partial charge in [0.05, 0.1) is 11.2 Å². The molecule has 0 saturated carbocycles. The van der Waals surface area contributed by atoms with Crippen molar-refractivity contribution < 1.29 is 4.79 Å². The first-order valence-corrected chi connectivity index (χ1v) is 7.62. The van der Waals surface area contributed by atoms with Gasteiger partial charge in [-0.05, 0) is 33.8 Å². The van der Waals surface area contributed by atoms with Gasteiger partial charge >= 0.3 is 0 Å². The molecule has 2 aromatic heterocycles. The number of carbonyl (C=O) groups excluding carboxylic acids is 1. The van der Waals surface area contributed by atoms with E-state index in [1.54, 1.807) is 0 Å². The first-order chi connectivity index (χ1) is 10.2. The van der Waals surface area contributed by atoms with E-state index in [1.165, 1.54) is 6.20 Å². The van der Waals surface area contributed by atoms with E-state index in [0.29, 0.717) is 5.56 Å². The molecule has 0 saturated heterocycles. The fourth-order valence-electron chi connectivity index (χ4n) is 2.63. The minimum atomic E-state index is -0.569. The number of Topliss-reactive ketones (excluding diaryl/α,β-unsaturated/α-hetero) is 1. The fourth-order valence-corrected chi connectivity index (χ4v) is 2.90. The van der Waals surface area contributed by atoms with Gasteiger partial charge in [0.25, 0.3) is 5.56 Å². The molecule has 0 aliphatic rings. The molecule has 0 atom stereocenters. The number of ketones is 1. The second-order valence-corrected chi connectivity index (χ2v) is 6.23. The average Bonchev–Trinajstić information content (AvgIpc) is 2.74. The minimum Gasteiger partial charge on any atom is -0.346 e. The standard InChI is InChI=1S/C15H17Cl2N3O2/c1-8(2)20-9(3)5-11(10(20)4)13(21)7-19-15(22)14(17)12(16)6-18-19/h5-6,8H,7H2,1-4H3. The highest BCUT2D eigenvalue weighted by Gasteiger charge is 2.19. The van der Waals surface area contributed by atoms with E-state index in [4.69, 9.17) is 23.2 Å². The largest absolute Gasteiger partial charge is 0.346 e. The maximum Gasteiger partial charge on any atom is 0.287 e. The van der Waals surface area contributed by atoms with Crippen LogP contribution in [0.15, 0.2) is 17.1 Å². The second-order valence-electron chi connectivity index (χ2n) is 5.44. The number of hydrogen-bond acceptors (Lipinski definition) is 3. The fraction of sp³-hybridized carbons (Fsp3) is 0.400. The van der Waals surface area contributed by atoms with Crippen molar-refractivity contribution in [2.24, 2.45) is 0 Å². The molecule has 0 amide bonds. The number of rotatable bonds is 4. The minimum absolute atomic E-state index is 0.0772. The van der Waals surface area contributed by atoms with Crippen LogP contribution in [-0.4, -0.2) is 20.1 Å². The highest BCUT2D eigenvalue weighted by Crippen LogP contribution is 2.21. The molecule has 0 N–H and O–H groups in total. The Hall–Kier alpha value is -1.59. The third kappa shape index (κ3) is 2.96. The molecule has 118 valence electrons. The molecule has 0 aromatic carbocycles. The smallest absolute Gasteiger partial charge is 0.287 e. The Labute approximate surface area is 138 Å². The summed E-state index contributed by atoms with van der Waals surface area (Å²) in [5.41, 5.74) is 1.90. The van der Waals surface area contributed by atoms with Crippen LogP contribution in [0.25, 0.3) is 0 Å². The summed E-state index contributed by atoms with van der Waals surface area (Å²) in [6, 6.07) is 2.09. The highest BCUT2D eigenvalue weighted by atomic mass is 35.5. The van der Waals surface area contributed by atoms with Crippen LogP contribution in [0.1, 0.15) is 41.6 Å². The average molecular weight is 342 g/mol. The molecular weight excluding hydrogens is 325 g/mol. The van der Waals surface area contributed by atoms with Gasteiger partial charge in [-0.1, -0.05) is 23.2 Å². The van der Waals surface area contributed by atoms with Gasteiger partial charge in [0.2, 0.25) is 0 Å². The summed E-state index contributed by atoms with van der Waals surface area (Å²) in [7, 11) is 0. The summed E-state index contributed by atoms with van der Waals surface area (Å²) in [5, 5.41) is 3.81. The lowest BCUT2D eigenvalue weighted by Crippen LogP contribution is -2.27. The number of halogens is 2. The van der Waals surface area contributed by atoms with E-state index >= 15 is 0 Å². The van der Waals surface area contributed by atoms with Crippen LogP contribution in [0, 0.1) is 13.8 Å². The zero-order chi connectivity index (χ0) is 16.6. The van der Waals surface area contributed by atoms with Crippen molar-refractivity contribution in [1.82, 2.24) is 14.3 Å². The lowest BCUT2D eigenvalue weighted by atomic mass is 10.1. The number of aromatic nitrogens is 3. The molecular formula is C15H17Cl2N3O2. The Bertz CT molecular complexity index is 791. The SMILES string of the molecule is Cc1cc(C(=O)Cn2ncc(Cl)c(Cl)c2=O)c(C)n1C(C)C. The monoisotopic (exact) mass is 341 g/mol. The van der Waals surface area contributed by atoms with Crippen molar-refractivity contribution in [1.29, 1.82) is 0 Å². The van der Waals surface area contributed by atoms with E-state index in [-0.39, 0.29) is 28.4 Å². The van der Waals surface area contributed by atoms with Crippen LogP contribution in [0.3, 0.4) is 0 Å². The van der Waals surface area contributed by atoms with Crippen molar-refractivity contribution >= 4 is 29.0 Å². The van der Waals surface area contributed by atoms with Crippen molar-refractivity contribution in [3.63, 3.8) is 0 Å². The topological polar surface area (TPSA) is 56.9 Å². The van der Waals surface area contributed by atoms with Gasteiger partial charge in [0, 0.05) is 23.0 Å². The molecule has 0 aliphatic heterocycles. The van der Waals surface area contributed by atoms with E-state index in [0.717, 1.165) is 16.1 Å². The number of aryl methyl sites for hydroxylation is 1.